The second-order valence-corrected chi connectivity index (χ2v) is 13.7. The quantitative estimate of drug-likeness (QED) is 0.143. The zero-order chi connectivity index (χ0) is 31.6. The fourth-order valence-corrected chi connectivity index (χ4v) is 7.07. The third kappa shape index (κ3) is 9.41. The molecule has 1 unspecified atom stereocenters. The summed E-state index contributed by atoms with van der Waals surface area (Å²) in [5.74, 6) is 1.33. The topological polar surface area (TPSA) is 29.5 Å². The number of hydrogen-bond acceptors (Lipinski definition) is 3. The van der Waals surface area contributed by atoms with Crippen LogP contribution in [0, 0.1) is 23.7 Å². The molecule has 0 saturated heterocycles. The summed E-state index contributed by atoms with van der Waals surface area (Å²) in [4.78, 5) is 16.3. The van der Waals surface area contributed by atoms with Crippen LogP contribution >= 0.6 is 0 Å². The number of esters is 1. The van der Waals surface area contributed by atoms with Crippen LogP contribution in [0.3, 0.4) is 0 Å². The highest BCUT2D eigenvalue weighted by Gasteiger charge is 2.35. The summed E-state index contributed by atoms with van der Waals surface area (Å²) in [6.07, 6.45) is 4.99. The van der Waals surface area contributed by atoms with Gasteiger partial charge in [-0.15, -0.1) is 0 Å². The van der Waals surface area contributed by atoms with E-state index in [9.17, 15) is 4.79 Å². The third-order valence-electron chi connectivity index (χ3n) is 9.76. The van der Waals surface area contributed by atoms with Gasteiger partial charge in [-0.1, -0.05) is 149 Å². The minimum absolute atomic E-state index is 0.0254. The Balaban J connectivity index is 1.39. The van der Waals surface area contributed by atoms with Crippen LogP contribution in [-0.2, 0) is 29.0 Å². The molecule has 0 amide bonds. The predicted molar refractivity (Wildman–Crippen MR) is 187 cm³/mol. The Morgan fingerprint density at radius 3 is 1.80 bits per heavy atom. The maximum absolute atomic E-state index is 13.8. The Labute approximate surface area is 271 Å². The minimum atomic E-state index is -0.197. The van der Waals surface area contributed by atoms with Crippen LogP contribution in [0.25, 0.3) is 11.1 Å². The largest absolute Gasteiger partial charge is 0.462 e. The van der Waals surface area contributed by atoms with Crippen molar-refractivity contribution >= 4 is 5.97 Å². The van der Waals surface area contributed by atoms with Gasteiger partial charge in [0.25, 0.3) is 0 Å². The van der Waals surface area contributed by atoms with Crippen molar-refractivity contribution < 1.29 is 9.53 Å². The Morgan fingerprint density at radius 2 is 1.24 bits per heavy atom. The lowest BCUT2D eigenvalue weighted by Gasteiger charge is -2.38. The number of rotatable bonds is 13. The normalized spacial score (nSPS) is 19.7. The third-order valence-corrected chi connectivity index (χ3v) is 9.76. The molecule has 0 radical (unpaired) electrons. The van der Waals surface area contributed by atoms with E-state index in [1.807, 2.05) is 0 Å². The summed E-state index contributed by atoms with van der Waals surface area (Å²) in [6.45, 7) is 10.6. The van der Waals surface area contributed by atoms with Crippen molar-refractivity contribution in [2.75, 3.05) is 0 Å². The molecule has 0 aliphatic heterocycles. The number of hydrogen-bond donors (Lipinski definition) is 0. The molecule has 1 aliphatic rings. The predicted octanol–water partition coefficient (Wildman–Crippen LogP) is 10.00. The molecule has 4 aromatic carbocycles. The molecular formula is C42H51NO2. The van der Waals surface area contributed by atoms with Crippen molar-refractivity contribution in [1.82, 2.24) is 4.90 Å². The first kappa shape index (κ1) is 32.7. The maximum atomic E-state index is 13.8. The van der Waals surface area contributed by atoms with Crippen molar-refractivity contribution in [2.24, 2.45) is 23.7 Å². The lowest BCUT2D eigenvalue weighted by atomic mass is 9.75. The van der Waals surface area contributed by atoms with E-state index >= 15 is 0 Å². The van der Waals surface area contributed by atoms with Gasteiger partial charge in [0.15, 0.2) is 0 Å². The van der Waals surface area contributed by atoms with Gasteiger partial charge in [0.2, 0.25) is 0 Å². The van der Waals surface area contributed by atoms with Crippen LogP contribution in [0.2, 0.25) is 0 Å². The van der Waals surface area contributed by atoms with Gasteiger partial charge < -0.3 is 4.74 Å². The van der Waals surface area contributed by atoms with E-state index in [1.165, 1.54) is 34.2 Å². The van der Waals surface area contributed by atoms with E-state index in [0.717, 1.165) is 38.8 Å². The van der Waals surface area contributed by atoms with Crippen molar-refractivity contribution in [3.8, 4) is 11.1 Å². The molecule has 5 atom stereocenters. The number of benzene rings is 4. The van der Waals surface area contributed by atoms with Crippen molar-refractivity contribution in [3.63, 3.8) is 0 Å². The molecule has 236 valence electrons. The average Bonchev–Trinajstić information content (AvgIpc) is 3.05. The average molecular weight is 602 g/mol. The second-order valence-electron chi connectivity index (χ2n) is 13.7. The molecule has 3 heteroatoms. The maximum Gasteiger partial charge on any atom is 0.308 e. The Bertz CT molecular complexity index is 1390. The summed E-state index contributed by atoms with van der Waals surface area (Å²) < 4.78 is 6.37. The molecule has 1 aliphatic carbocycles. The fourth-order valence-electron chi connectivity index (χ4n) is 7.07. The monoisotopic (exact) mass is 601 g/mol. The van der Waals surface area contributed by atoms with Gasteiger partial charge in [0.05, 0.1) is 5.92 Å². The summed E-state index contributed by atoms with van der Waals surface area (Å²) in [5, 5.41) is 0. The summed E-state index contributed by atoms with van der Waals surface area (Å²) >= 11 is 0. The Morgan fingerprint density at radius 1 is 0.711 bits per heavy atom. The standard InChI is InChI=1S/C42H51NO2/c1-31(2)40-25-20-32(3)26-41(40)45-42(44)33(4)27-39(28-34-21-23-38(24-22-34)37-18-12-7-13-19-37)43(29-35-14-8-5-9-15-35)30-36-16-10-6-11-17-36/h5-19,21-24,31-33,39-41H,20,25-30H2,1-4H3/t32-,33+,39?,40+,41-/m0/s1. The van der Waals surface area contributed by atoms with Gasteiger partial charge in [0.1, 0.15) is 6.10 Å². The fraction of sp³-hybridized carbons (Fsp3) is 0.405. The zero-order valence-corrected chi connectivity index (χ0v) is 27.6. The highest BCUT2D eigenvalue weighted by atomic mass is 16.5. The first-order valence-electron chi connectivity index (χ1n) is 17.0. The van der Waals surface area contributed by atoms with Crippen LogP contribution in [0.15, 0.2) is 115 Å². The van der Waals surface area contributed by atoms with E-state index in [-0.39, 0.29) is 24.0 Å². The summed E-state index contributed by atoms with van der Waals surface area (Å²) in [5.41, 5.74) is 6.30. The van der Waals surface area contributed by atoms with E-state index in [0.29, 0.717) is 17.8 Å². The van der Waals surface area contributed by atoms with Crippen LogP contribution in [0.1, 0.15) is 70.1 Å². The van der Waals surface area contributed by atoms with E-state index in [2.05, 4.69) is 148 Å². The smallest absolute Gasteiger partial charge is 0.308 e. The lowest BCUT2D eigenvalue weighted by Crippen LogP contribution is -2.40. The molecule has 0 spiro atoms. The van der Waals surface area contributed by atoms with Crippen LogP contribution in [0.5, 0.6) is 0 Å². The minimum Gasteiger partial charge on any atom is -0.462 e. The molecule has 4 aromatic rings. The molecule has 3 nitrogen and oxygen atoms in total. The van der Waals surface area contributed by atoms with Gasteiger partial charge in [-0.2, -0.15) is 0 Å². The molecule has 0 aromatic heterocycles. The van der Waals surface area contributed by atoms with Crippen molar-refractivity contribution in [1.29, 1.82) is 0 Å². The van der Waals surface area contributed by atoms with E-state index in [1.54, 1.807) is 0 Å². The summed E-state index contributed by atoms with van der Waals surface area (Å²) in [7, 11) is 0. The van der Waals surface area contributed by atoms with Crippen LogP contribution < -0.4 is 0 Å². The van der Waals surface area contributed by atoms with Crippen LogP contribution in [0.4, 0.5) is 0 Å². The molecular weight excluding hydrogens is 550 g/mol. The number of nitrogens with zero attached hydrogens (tertiary/aromatic N) is 1. The molecule has 0 bridgehead atoms. The highest BCUT2D eigenvalue weighted by Crippen LogP contribution is 2.36. The Hall–Kier alpha value is -3.69. The lowest BCUT2D eigenvalue weighted by molar-refractivity contribution is -0.161. The van der Waals surface area contributed by atoms with Gasteiger partial charge in [-0.25, -0.2) is 0 Å². The Kier molecular flexibility index (Phi) is 11.7. The number of carbonyl (C=O) groups is 1. The van der Waals surface area contributed by atoms with Gasteiger partial charge >= 0.3 is 5.97 Å². The molecule has 1 fully saturated rings. The SMILES string of the molecule is CC(C)[C@H]1CC[C@H](C)C[C@@H]1OC(=O)[C@H](C)CC(Cc1ccc(-c2ccccc2)cc1)N(Cc1ccccc1)Cc1ccccc1. The first-order chi connectivity index (χ1) is 21.9. The van der Waals surface area contributed by atoms with Crippen molar-refractivity contribution in [3.05, 3.63) is 132 Å². The summed E-state index contributed by atoms with van der Waals surface area (Å²) in [6, 6.07) is 41.1. The molecule has 5 rings (SSSR count). The molecule has 0 N–H and O–H groups in total. The van der Waals surface area contributed by atoms with Crippen LogP contribution in [-0.4, -0.2) is 23.0 Å². The molecule has 0 heterocycles. The number of ether oxygens (including phenoxy) is 1. The highest BCUT2D eigenvalue weighted by molar-refractivity contribution is 5.72. The first-order valence-corrected chi connectivity index (χ1v) is 17.0. The van der Waals surface area contributed by atoms with Crippen molar-refractivity contribution in [2.45, 2.75) is 85.0 Å². The van der Waals surface area contributed by atoms with Gasteiger partial charge in [0, 0.05) is 19.1 Å². The van der Waals surface area contributed by atoms with E-state index < -0.39 is 0 Å². The molecule has 1 saturated carbocycles. The van der Waals surface area contributed by atoms with E-state index in [4.69, 9.17) is 4.74 Å². The number of carbonyl (C=O) groups excluding carboxylic acids is 1. The zero-order valence-electron chi connectivity index (χ0n) is 27.6. The molecule has 45 heavy (non-hydrogen) atoms. The van der Waals surface area contributed by atoms with Gasteiger partial charge in [-0.05, 0) is 71.3 Å². The second kappa shape index (κ2) is 16.0. The van der Waals surface area contributed by atoms with Gasteiger partial charge in [-0.3, -0.25) is 9.69 Å².